The Bertz CT molecular complexity index is 705. The number of hydrogen-bond donors (Lipinski definition) is 1. The standard InChI is InChI=1S/C25H38O3/c1-16-7-8-21-24(4,18(16)14-19(26)17-13-22(27)28-15-17)12-9-20-23(2,3)10-6-11-25(20,21)5/h13,18-21,26H,1,6-12,14-15H2,2-5H3. The lowest BCUT2D eigenvalue weighted by atomic mass is 9.39. The zero-order chi connectivity index (χ0) is 20.3. The van der Waals surface area contributed by atoms with Crippen molar-refractivity contribution in [2.45, 2.75) is 85.2 Å². The summed E-state index contributed by atoms with van der Waals surface area (Å²) in [7, 11) is 0. The van der Waals surface area contributed by atoms with E-state index in [1.54, 1.807) is 0 Å². The van der Waals surface area contributed by atoms with E-state index >= 15 is 0 Å². The fraction of sp³-hybridized carbons (Fsp3) is 0.800. The van der Waals surface area contributed by atoms with E-state index < -0.39 is 6.10 Å². The summed E-state index contributed by atoms with van der Waals surface area (Å²) >= 11 is 0. The van der Waals surface area contributed by atoms with Crippen LogP contribution in [0.25, 0.3) is 0 Å². The largest absolute Gasteiger partial charge is 0.458 e. The Balaban J connectivity index is 1.62. The van der Waals surface area contributed by atoms with E-state index in [0.29, 0.717) is 29.1 Å². The first-order valence-electron chi connectivity index (χ1n) is 11.3. The Morgan fingerprint density at radius 2 is 1.89 bits per heavy atom. The van der Waals surface area contributed by atoms with Crippen molar-refractivity contribution < 1.29 is 14.6 Å². The number of fused-ring (bicyclic) bond motifs is 3. The first-order chi connectivity index (χ1) is 13.1. The molecular formula is C25H38O3. The minimum Gasteiger partial charge on any atom is -0.458 e. The van der Waals surface area contributed by atoms with Gasteiger partial charge in [0.2, 0.25) is 0 Å². The van der Waals surface area contributed by atoms with Crippen LogP contribution in [0, 0.1) is 34.0 Å². The fourth-order valence-electron chi connectivity index (χ4n) is 8.13. The predicted octanol–water partition coefficient (Wildman–Crippen LogP) is 5.44. The van der Waals surface area contributed by atoms with E-state index in [-0.39, 0.29) is 18.0 Å². The Hall–Kier alpha value is -1.09. The Labute approximate surface area is 170 Å². The molecule has 3 saturated carbocycles. The van der Waals surface area contributed by atoms with Crippen molar-refractivity contribution in [3.8, 4) is 0 Å². The molecule has 6 atom stereocenters. The van der Waals surface area contributed by atoms with E-state index in [0.717, 1.165) is 17.9 Å². The van der Waals surface area contributed by atoms with Gasteiger partial charge in [0.05, 0.1) is 6.10 Å². The van der Waals surface area contributed by atoms with Crippen LogP contribution < -0.4 is 0 Å². The molecular weight excluding hydrogens is 348 g/mol. The number of esters is 1. The molecule has 1 N–H and O–H groups in total. The number of ether oxygens (including phenoxy) is 1. The molecule has 0 amide bonds. The van der Waals surface area contributed by atoms with Gasteiger partial charge < -0.3 is 9.84 Å². The van der Waals surface area contributed by atoms with Gasteiger partial charge in [0.25, 0.3) is 0 Å². The zero-order valence-electron chi connectivity index (χ0n) is 18.2. The van der Waals surface area contributed by atoms with Crippen LogP contribution in [0.4, 0.5) is 0 Å². The SMILES string of the molecule is C=C1CCC2C(C)(CCC3C(C)(C)CCCC32C)C1CC(O)C1=CC(=O)OC1. The van der Waals surface area contributed by atoms with Crippen molar-refractivity contribution in [3.05, 3.63) is 23.8 Å². The molecule has 156 valence electrons. The van der Waals surface area contributed by atoms with Crippen molar-refractivity contribution in [1.29, 1.82) is 0 Å². The second-order valence-corrected chi connectivity index (χ2v) is 11.3. The molecule has 0 spiro atoms. The number of carbonyl (C=O) groups is 1. The zero-order valence-corrected chi connectivity index (χ0v) is 18.2. The average Bonchev–Trinajstić information content (AvgIpc) is 3.03. The van der Waals surface area contributed by atoms with Crippen LogP contribution >= 0.6 is 0 Å². The van der Waals surface area contributed by atoms with Crippen LogP contribution in [0.1, 0.15) is 79.1 Å². The van der Waals surface area contributed by atoms with Gasteiger partial charge in [0, 0.05) is 11.6 Å². The molecule has 3 nitrogen and oxygen atoms in total. The first-order valence-corrected chi connectivity index (χ1v) is 11.3. The summed E-state index contributed by atoms with van der Waals surface area (Å²) < 4.78 is 5.03. The molecule has 0 radical (unpaired) electrons. The summed E-state index contributed by atoms with van der Waals surface area (Å²) in [4.78, 5) is 11.4. The molecule has 28 heavy (non-hydrogen) atoms. The van der Waals surface area contributed by atoms with Gasteiger partial charge in [-0.05, 0) is 78.9 Å². The quantitative estimate of drug-likeness (QED) is 0.519. The number of hydrogen-bond acceptors (Lipinski definition) is 3. The van der Waals surface area contributed by atoms with Gasteiger partial charge in [0.1, 0.15) is 6.61 Å². The molecule has 1 heterocycles. The predicted molar refractivity (Wildman–Crippen MR) is 112 cm³/mol. The maximum atomic E-state index is 11.4. The van der Waals surface area contributed by atoms with E-state index in [9.17, 15) is 9.90 Å². The monoisotopic (exact) mass is 386 g/mol. The Morgan fingerprint density at radius 1 is 1.14 bits per heavy atom. The summed E-state index contributed by atoms with van der Waals surface area (Å²) in [6.45, 7) is 14.7. The number of allylic oxidation sites excluding steroid dienone is 1. The topological polar surface area (TPSA) is 46.5 Å². The highest BCUT2D eigenvalue weighted by Crippen LogP contribution is 2.69. The lowest BCUT2D eigenvalue weighted by Gasteiger charge is -2.66. The van der Waals surface area contributed by atoms with Crippen molar-refractivity contribution in [2.75, 3.05) is 6.61 Å². The van der Waals surface area contributed by atoms with Gasteiger partial charge >= 0.3 is 5.97 Å². The van der Waals surface area contributed by atoms with Gasteiger partial charge in [-0.1, -0.05) is 46.3 Å². The number of cyclic esters (lactones) is 1. The van der Waals surface area contributed by atoms with Gasteiger partial charge in [-0.2, -0.15) is 0 Å². The normalized spacial score (nSPS) is 43.6. The first kappa shape index (κ1) is 20.2. The summed E-state index contributed by atoms with van der Waals surface area (Å²) in [5, 5.41) is 10.9. The third kappa shape index (κ3) is 3.00. The average molecular weight is 387 g/mol. The number of carbonyl (C=O) groups excluding carboxylic acids is 1. The molecule has 0 bridgehead atoms. The number of aliphatic hydroxyl groups excluding tert-OH is 1. The third-order valence-electron chi connectivity index (χ3n) is 9.45. The van der Waals surface area contributed by atoms with Crippen LogP contribution in [-0.2, 0) is 9.53 Å². The minimum atomic E-state index is -0.600. The molecule has 0 aromatic heterocycles. The van der Waals surface area contributed by atoms with Crippen molar-refractivity contribution in [2.24, 2.45) is 34.0 Å². The van der Waals surface area contributed by atoms with Gasteiger partial charge in [-0.15, -0.1) is 0 Å². The van der Waals surface area contributed by atoms with Crippen molar-refractivity contribution >= 4 is 5.97 Å². The molecule has 0 aromatic carbocycles. The molecule has 4 rings (SSSR count). The maximum Gasteiger partial charge on any atom is 0.331 e. The van der Waals surface area contributed by atoms with Crippen LogP contribution in [0.5, 0.6) is 0 Å². The minimum absolute atomic E-state index is 0.193. The number of aliphatic hydroxyl groups is 1. The molecule has 4 aliphatic rings. The number of rotatable bonds is 3. The second-order valence-electron chi connectivity index (χ2n) is 11.3. The van der Waals surface area contributed by atoms with Crippen LogP contribution in [0.15, 0.2) is 23.8 Å². The Kier molecular flexibility index (Phi) is 4.85. The molecule has 3 aliphatic carbocycles. The molecule has 0 aromatic rings. The highest BCUT2D eigenvalue weighted by molar-refractivity contribution is 5.85. The summed E-state index contributed by atoms with van der Waals surface area (Å²) in [5.41, 5.74) is 3.07. The third-order valence-corrected chi connectivity index (χ3v) is 9.45. The fourth-order valence-corrected chi connectivity index (χ4v) is 8.13. The highest BCUT2D eigenvalue weighted by Gasteiger charge is 2.61. The van der Waals surface area contributed by atoms with E-state index in [1.165, 1.54) is 50.2 Å². The van der Waals surface area contributed by atoms with E-state index in [4.69, 9.17) is 4.74 Å². The summed E-state index contributed by atoms with van der Waals surface area (Å²) in [5.74, 6) is 1.49. The van der Waals surface area contributed by atoms with Crippen LogP contribution in [0.2, 0.25) is 0 Å². The molecule has 3 fully saturated rings. The van der Waals surface area contributed by atoms with Crippen LogP contribution in [-0.4, -0.2) is 23.8 Å². The lowest BCUT2D eigenvalue weighted by molar-refractivity contribution is -0.156. The van der Waals surface area contributed by atoms with E-state index in [1.807, 2.05) is 0 Å². The van der Waals surface area contributed by atoms with Crippen molar-refractivity contribution in [3.63, 3.8) is 0 Å². The second kappa shape index (κ2) is 6.72. The smallest absolute Gasteiger partial charge is 0.331 e. The molecule has 1 aliphatic heterocycles. The lowest BCUT2D eigenvalue weighted by Crippen LogP contribution is -2.58. The summed E-state index contributed by atoms with van der Waals surface area (Å²) in [6, 6.07) is 0. The maximum absolute atomic E-state index is 11.4. The molecule has 3 heteroatoms. The molecule has 6 unspecified atom stereocenters. The van der Waals surface area contributed by atoms with Gasteiger partial charge in [-0.25, -0.2) is 4.79 Å². The summed E-state index contributed by atoms with van der Waals surface area (Å²) in [6.07, 6.45) is 10.4. The van der Waals surface area contributed by atoms with E-state index in [2.05, 4.69) is 34.3 Å². The van der Waals surface area contributed by atoms with Gasteiger partial charge in [-0.3, -0.25) is 0 Å². The van der Waals surface area contributed by atoms with Gasteiger partial charge in [0.15, 0.2) is 0 Å². The Morgan fingerprint density at radius 3 is 2.57 bits per heavy atom. The van der Waals surface area contributed by atoms with Crippen molar-refractivity contribution in [1.82, 2.24) is 0 Å². The highest BCUT2D eigenvalue weighted by atomic mass is 16.5. The molecule has 0 saturated heterocycles. The van der Waals surface area contributed by atoms with Crippen LogP contribution in [0.3, 0.4) is 0 Å².